The molecule has 6 aromatic rings. The van der Waals surface area contributed by atoms with E-state index < -0.39 is 0 Å². The van der Waals surface area contributed by atoms with Gasteiger partial charge in [-0.05, 0) is 26.0 Å². The molecule has 0 N–H and O–H groups in total. The Kier molecular flexibility index (Phi) is 5.25. The second-order valence-corrected chi connectivity index (χ2v) is 11.1. The molecule has 162 valence electrons. The minimum Gasteiger partial charge on any atom is -0.484 e. The Balaban J connectivity index is 1.70. The second-order valence-electron chi connectivity index (χ2n) is 7.79. The van der Waals surface area contributed by atoms with Gasteiger partial charge in [-0.2, -0.15) is 0 Å². The molecule has 0 aliphatic heterocycles. The van der Waals surface area contributed by atoms with Gasteiger partial charge in [0.1, 0.15) is 5.01 Å². The molecule has 0 saturated heterocycles. The molecular weight excluding hydrogens is 463 g/mol. The van der Waals surface area contributed by atoms with Gasteiger partial charge in [0.2, 0.25) is 0 Å². The van der Waals surface area contributed by atoms with Gasteiger partial charge in [0, 0.05) is 36.2 Å². The predicted octanol–water partition coefficient (Wildman–Crippen LogP) is 9.28. The van der Waals surface area contributed by atoms with E-state index in [0.29, 0.717) is 6.61 Å². The SMILES string of the molecule is CCOc1sc2ccccc2c1-c1sc(-c2ccccc2)nc1-c1c(C)sc2ccccc12. The molecule has 0 aliphatic rings. The van der Waals surface area contributed by atoms with Gasteiger partial charge in [-0.25, -0.2) is 4.98 Å². The molecule has 0 radical (unpaired) electrons. The fourth-order valence-corrected chi connectivity index (χ4v) is 7.68. The lowest BCUT2D eigenvalue weighted by atomic mass is 10.0. The van der Waals surface area contributed by atoms with Gasteiger partial charge in [0.25, 0.3) is 0 Å². The quantitative estimate of drug-likeness (QED) is 0.244. The molecule has 2 nitrogen and oxygen atoms in total. The number of thiazole rings is 1. The van der Waals surface area contributed by atoms with Gasteiger partial charge < -0.3 is 4.74 Å². The van der Waals surface area contributed by atoms with Crippen molar-refractivity contribution < 1.29 is 4.74 Å². The molecular formula is C28H21NOS3. The van der Waals surface area contributed by atoms with Crippen molar-refractivity contribution in [1.82, 2.24) is 4.98 Å². The standard InChI is InChI=1S/C28H21NOS3/c1-3-30-28-24(20-14-8-10-16-22(20)32-28)26-25(29-27(33-26)18-11-5-4-6-12-18)23-17(2)31-21-15-9-7-13-19(21)23/h4-16H,3H2,1-2H3. The van der Waals surface area contributed by atoms with Gasteiger partial charge in [-0.15, -0.1) is 22.7 Å². The van der Waals surface area contributed by atoms with E-state index in [1.54, 1.807) is 22.7 Å². The lowest BCUT2D eigenvalue weighted by molar-refractivity contribution is 0.352. The topological polar surface area (TPSA) is 22.1 Å². The van der Waals surface area contributed by atoms with Crippen molar-refractivity contribution in [3.8, 4) is 37.3 Å². The highest BCUT2D eigenvalue weighted by Gasteiger charge is 2.26. The highest BCUT2D eigenvalue weighted by atomic mass is 32.1. The largest absolute Gasteiger partial charge is 0.484 e. The number of thiophene rings is 2. The van der Waals surface area contributed by atoms with Crippen molar-refractivity contribution in [3.05, 3.63) is 83.7 Å². The summed E-state index contributed by atoms with van der Waals surface area (Å²) in [5.74, 6) is 0. The zero-order valence-corrected chi connectivity index (χ0v) is 20.7. The van der Waals surface area contributed by atoms with Crippen LogP contribution in [0.4, 0.5) is 0 Å². The summed E-state index contributed by atoms with van der Waals surface area (Å²) in [5, 5.41) is 4.50. The van der Waals surface area contributed by atoms with E-state index in [-0.39, 0.29) is 0 Å². The fraction of sp³-hybridized carbons (Fsp3) is 0.107. The van der Waals surface area contributed by atoms with Crippen LogP contribution in [0, 0.1) is 6.92 Å². The summed E-state index contributed by atoms with van der Waals surface area (Å²) >= 11 is 5.32. The van der Waals surface area contributed by atoms with Crippen LogP contribution >= 0.6 is 34.0 Å². The lowest BCUT2D eigenvalue weighted by Gasteiger charge is -2.07. The molecule has 6 rings (SSSR count). The van der Waals surface area contributed by atoms with Crippen molar-refractivity contribution in [2.45, 2.75) is 13.8 Å². The normalized spacial score (nSPS) is 11.5. The molecule has 0 spiro atoms. The minimum atomic E-state index is 0.639. The van der Waals surface area contributed by atoms with Gasteiger partial charge in [0.15, 0.2) is 5.06 Å². The van der Waals surface area contributed by atoms with Crippen molar-refractivity contribution in [2.24, 2.45) is 0 Å². The second kappa shape index (κ2) is 8.41. The number of rotatable bonds is 5. The molecule has 0 aliphatic carbocycles. The van der Waals surface area contributed by atoms with Crippen molar-refractivity contribution in [1.29, 1.82) is 0 Å². The van der Waals surface area contributed by atoms with Crippen molar-refractivity contribution in [3.63, 3.8) is 0 Å². The molecule has 0 bridgehead atoms. The van der Waals surface area contributed by atoms with Gasteiger partial charge in [0.05, 0.1) is 22.7 Å². The fourth-order valence-electron chi connectivity index (χ4n) is 4.30. The van der Waals surface area contributed by atoms with Crippen molar-refractivity contribution in [2.75, 3.05) is 6.61 Å². The van der Waals surface area contributed by atoms with E-state index in [1.807, 2.05) is 18.3 Å². The maximum absolute atomic E-state index is 6.18. The first-order valence-corrected chi connectivity index (χ1v) is 13.4. The first kappa shape index (κ1) is 20.6. The Labute approximate surface area is 204 Å². The summed E-state index contributed by atoms with van der Waals surface area (Å²) in [6.45, 7) is 4.90. The summed E-state index contributed by atoms with van der Waals surface area (Å²) in [6.07, 6.45) is 0. The summed E-state index contributed by atoms with van der Waals surface area (Å²) < 4.78 is 8.72. The zero-order valence-electron chi connectivity index (χ0n) is 18.3. The van der Waals surface area contributed by atoms with Crippen molar-refractivity contribution >= 4 is 54.2 Å². The van der Waals surface area contributed by atoms with Gasteiger partial charge in [-0.1, -0.05) is 78.1 Å². The Bertz CT molecular complexity index is 1590. The molecule has 3 heterocycles. The lowest BCUT2D eigenvalue weighted by Crippen LogP contribution is -1.91. The number of hydrogen-bond acceptors (Lipinski definition) is 5. The van der Waals surface area contributed by atoms with Crippen LogP contribution in [0.1, 0.15) is 11.8 Å². The number of ether oxygens (including phenoxy) is 1. The van der Waals surface area contributed by atoms with Crippen LogP contribution in [0.2, 0.25) is 0 Å². The van der Waals surface area contributed by atoms with E-state index in [2.05, 4.69) is 85.8 Å². The monoisotopic (exact) mass is 483 g/mol. The number of fused-ring (bicyclic) bond motifs is 2. The Morgan fingerprint density at radius 2 is 1.36 bits per heavy atom. The maximum atomic E-state index is 6.18. The molecule has 33 heavy (non-hydrogen) atoms. The van der Waals surface area contributed by atoms with Gasteiger partial charge in [-0.3, -0.25) is 0 Å². The van der Waals surface area contributed by atoms with Crippen LogP contribution in [0.5, 0.6) is 5.06 Å². The summed E-state index contributed by atoms with van der Waals surface area (Å²) in [5.41, 5.74) is 4.60. The van der Waals surface area contributed by atoms with Crippen LogP contribution in [0.3, 0.4) is 0 Å². The van der Waals surface area contributed by atoms with E-state index in [1.165, 1.54) is 41.1 Å². The smallest absolute Gasteiger partial charge is 0.183 e. The van der Waals surface area contributed by atoms with Crippen LogP contribution in [0.15, 0.2) is 78.9 Å². The van der Waals surface area contributed by atoms with Crippen LogP contribution in [0.25, 0.3) is 52.4 Å². The molecule has 0 fully saturated rings. The molecule has 5 heteroatoms. The molecule has 0 atom stereocenters. The number of benzene rings is 3. The third-order valence-electron chi connectivity index (χ3n) is 5.72. The first-order valence-electron chi connectivity index (χ1n) is 10.9. The molecule has 0 unspecified atom stereocenters. The highest BCUT2D eigenvalue weighted by Crippen LogP contribution is 2.52. The average molecular weight is 484 g/mol. The highest BCUT2D eigenvalue weighted by molar-refractivity contribution is 7.23. The Morgan fingerprint density at radius 1 is 0.727 bits per heavy atom. The molecule has 0 amide bonds. The van der Waals surface area contributed by atoms with Crippen LogP contribution in [-0.4, -0.2) is 11.6 Å². The number of nitrogens with zero attached hydrogens (tertiary/aromatic N) is 1. The minimum absolute atomic E-state index is 0.639. The number of aromatic nitrogens is 1. The number of hydrogen-bond donors (Lipinski definition) is 0. The maximum Gasteiger partial charge on any atom is 0.183 e. The first-order chi connectivity index (χ1) is 16.2. The summed E-state index contributed by atoms with van der Waals surface area (Å²) in [6, 6.07) is 27.7. The van der Waals surface area contributed by atoms with Gasteiger partial charge >= 0.3 is 0 Å². The van der Waals surface area contributed by atoms with E-state index in [9.17, 15) is 0 Å². The van der Waals surface area contributed by atoms with Crippen LogP contribution in [-0.2, 0) is 0 Å². The Morgan fingerprint density at radius 3 is 2.09 bits per heavy atom. The Hall–Kier alpha value is -2.99. The summed E-state index contributed by atoms with van der Waals surface area (Å²) in [7, 11) is 0. The van der Waals surface area contributed by atoms with E-state index >= 15 is 0 Å². The molecule has 0 saturated carbocycles. The average Bonchev–Trinajstić information content (AvgIpc) is 3.51. The molecule has 3 aromatic carbocycles. The summed E-state index contributed by atoms with van der Waals surface area (Å²) in [4.78, 5) is 7.75. The molecule has 3 aromatic heterocycles. The zero-order chi connectivity index (χ0) is 22.4. The van der Waals surface area contributed by atoms with E-state index in [0.717, 1.165) is 21.3 Å². The predicted molar refractivity (Wildman–Crippen MR) is 145 cm³/mol. The number of aryl methyl sites for hydroxylation is 1. The third-order valence-corrected chi connectivity index (χ3v) is 9.01. The van der Waals surface area contributed by atoms with Crippen LogP contribution < -0.4 is 4.74 Å². The van der Waals surface area contributed by atoms with E-state index in [4.69, 9.17) is 9.72 Å². The third kappa shape index (κ3) is 3.48.